The van der Waals surface area contributed by atoms with Gasteiger partial charge in [-0.05, 0) is 30.5 Å². The molecule has 0 radical (unpaired) electrons. The zero-order valence-electron chi connectivity index (χ0n) is 10.2. The molecule has 0 spiro atoms. The Labute approximate surface area is 103 Å². The highest BCUT2D eigenvalue weighted by atomic mass is 16.5. The van der Waals surface area contributed by atoms with Crippen LogP contribution >= 0.6 is 0 Å². The highest BCUT2D eigenvalue weighted by molar-refractivity contribution is 5.88. The summed E-state index contributed by atoms with van der Waals surface area (Å²) in [6.07, 6.45) is 1.58. The summed E-state index contributed by atoms with van der Waals surface area (Å²) >= 11 is 0. The number of nitrogens with zero attached hydrogens (tertiary/aromatic N) is 1. The molecule has 0 atom stereocenters. The van der Waals surface area contributed by atoms with Crippen LogP contribution in [0, 0.1) is 0 Å². The fourth-order valence-corrected chi connectivity index (χ4v) is 2.36. The lowest BCUT2D eigenvalue weighted by Gasteiger charge is -2.12. The molecular weight excluding hydrogens is 234 g/mol. The van der Waals surface area contributed by atoms with Crippen molar-refractivity contribution in [3.8, 4) is 0 Å². The molecule has 1 aliphatic rings. The van der Waals surface area contributed by atoms with Gasteiger partial charge >= 0.3 is 11.7 Å². The highest BCUT2D eigenvalue weighted by Crippen LogP contribution is 2.49. The minimum Gasteiger partial charge on any atom is -0.468 e. The lowest BCUT2D eigenvalue weighted by molar-refractivity contribution is -0.143. The number of hydrogen-bond acceptors (Lipinski definition) is 4. The third-order valence-corrected chi connectivity index (χ3v) is 3.67. The van der Waals surface area contributed by atoms with Gasteiger partial charge in [-0.25, -0.2) is 4.79 Å². The molecular formula is C13H13NO4. The monoisotopic (exact) mass is 247 g/mol. The zero-order valence-corrected chi connectivity index (χ0v) is 10.2. The van der Waals surface area contributed by atoms with Crippen molar-refractivity contribution in [1.82, 2.24) is 4.57 Å². The molecule has 5 nitrogen and oxygen atoms in total. The molecule has 1 saturated carbocycles. The quantitative estimate of drug-likeness (QED) is 0.751. The van der Waals surface area contributed by atoms with Gasteiger partial charge in [-0.1, -0.05) is 6.07 Å². The molecule has 0 bridgehead atoms. The summed E-state index contributed by atoms with van der Waals surface area (Å²) in [4.78, 5) is 23.2. The largest absolute Gasteiger partial charge is 0.468 e. The third kappa shape index (κ3) is 1.33. The van der Waals surface area contributed by atoms with Crippen LogP contribution < -0.4 is 5.76 Å². The van der Waals surface area contributed by atoms with E-state index in [1.807, 2.05) is 12.1 Å². The lowest BCUT2D eigenvalue weighted by atomic mass is 9.96. The van der Waals surface area contributed by atoms with Crippen molar-refractivity contribution in [2.75, 3.05) is 7.11 Å². The molecule has 0 saturated heterocycles. The van der Waals surface area contributed by atoms with Gasteiger partial charge in [0, 0.05) is 7.05 Å². The molecule has 1 fully saturated rings. The van der Waals surface area contributed by atoms with Crippen LogP contribution in [0.4, 0.5) is 0 Å². The molecule has 5 heteroatoms. The van der Waals surface area contributed by atoms with Crippen LogP contribution in [0.1, 0.15) is 18.4 Å². The number of methoxy groups -OCH3 is 1. The average Bonchev–Trinajstić information content (AvgIpc) is 3.14. The topological polar surface area (TPSA) is 61.4 Å². The van der Waals surface area contributed by atoms with Gasteiger partial charge in [-0.3, -0.25) is 9.36 Å². The zero-order chi connectivity index (χ0) is 12.9. The molecule has 1 aromatic carbocycles. The normalized spacial score (nSPS) is 16.8. The first kappa shape index (κ1) is 11.1. The number of carbonyl (C=O) groups excluding carboxylic acids is 1. The molecule has 1 aliphatic carbocycles. The van der Waals surface area contributed by atoms with Crippen molar-refractivity contribution >= 4 is 17.1 Å². The van der Waals surface area contributed by atoms with Crippen LogP contribution in [0.5, 0.6) is 0 Å². The number of rotatable bonds is 2. The van der Waals surface area contributed by atoms with Crippen LogP contribution in [0.15, 0.2) is 27.4 Å². The van der Waals surface area contributed by atoms with E-state index in [4.69, 9.17) is 9.15 Å². The third-order valence-electron chi connectivity index (χ3n) is 3.67. The second-order valence-electron chi connectivity index (χ2n) is 4.68. The lowest BCUT2D eigenvalue weighted by Crippen LogP contribution is -2.21. The summed E-state index contributed by atoms with van der Waals surface area (Å²) in [7, 11) is 3.05. The van der Waals surface area contributed by atoms with E-state index in [2.05, 4.69) is 0 Å². The highest BCUT2D eigenvalue weighted by Gasteiger charge is 2.52. The second kappa shape index (κ2) is 3.48. The number of benzene rings is 1. The van der Waals surface area contributed by atoms with E-state index in [0.29, 0.717) is 11.1 Å². The van der Waals surface area contributed by atoms with Gasteiger partial charge in [0.05, 0.1) is 18.0 Å². The van der Waals surface area contributed by atoms with Crippen molar-refractivity contribution in [3.63, 3.8) is 0 Å². The number of oxazole rings is 1. The molecule has 94 valence electrons. The van der Waals surface area contributed by atoms with Gasteiger partial charge < -0.3 is 9.15 Å². The van der Waals surface area contributed by atoms with Crippen LogP contribution in [-0.2, 0) is 22.0 Å². The number of fused-ring (bicyclic) bond motifs is 1. The minimum atomic E-state index is -0.518. The molecule has 3 rings (SSSR count). The molecule has 0 unspecified atom stereocenters. The Morgan fingerprint density at radius 3 is 2.78 bits per heavy atom. The van der Waals surface area contributed by atoms with E-state index in [0.717, 1.165) is 18.4 Å². The molecule has 0 amide bonds. The van der Waals surface area contributed by atoms with Crippen molar-refractivity contribution in [2.45, 2.75) is 18.3 Å². The Hall–Kier alpha value is -2.04. The standard InChI is InChI=1S/C13H13NO4/c1-14-9-7-8(3-4-10(9)18-12(14)16)13(5-6-13)11(15)17-2/h3-4,7H,5-6H2,1-2H3. The first-order valence-corrected chi connectivity index (χ1v) is 5.77. The molecule has 0 N–H and O–H groups in total. The summed E-state index contributed by atoms with van der Waals surface area (Å²) < 4.78 is 11.3. The number of aryl methyl sites for hydroxylation is 1. The predicted octanol–water partition coefficient (Wildman–Crippen LogP) is 1.34. The fraction of sp³-hybridized carbons (Fsp3) is 0.385. The number of esters is 1. The SMILES string of the molecule is COC(=O)C1(c2ccc3oc(=O)n(C)c3c2)CC1. The van der Waals surface area contributed by atoms with Crippen LogP contribution in [0.25, 0.3) is 11.1 Å². The number of carbonyl (C=O) groups is 1. The van der Waals surface area contributed by atoms with Crippen molar-refractivity contribution < 1.29 is 13.9 Å². The predicted molar refractivity (Wildman–Crippen MR) is 64.4 cm³/mol. The summed E-state index contributed by atoms with van der Waals surface area (Å²) in [6, 6.07) is 5.40. The maximum absolute atomic E-state index is 11.8. The van der Waals surface area contributed by atoms with Gasteiger partial charge in [0.2, 0.25) is 0 Å². The van der Waals surface area contributed by atoms with Crippen LogP contribution in [0.3, 0.4) is 0 Å². The Balaban J connectivity index is 2.17. The summed E-state index contributed by atoms with van der Waals surface area (Å²) in [5.41, 5.74) is 1.61. The van der Waals surface area contributed by atoms with Crippen LogP contribution in [-0.4, -0.2) is 17.6 Å². The Morgan fingerprint density at radius 1 is 1.44 bits per heavy atom. The van der Waals surface area contributed by atoms with E-state index >= 15 is 0 Å². The minimum absolute atomic E-state index is 0.213. The van der Waals surface area contributed by atoms with E-state index in [9.17, 15) is 9.59 Å². The van der Waals surface area contributed by atoms with Gasteiger partial charge in [-0.15, -0.1) is 0 Å². The van der Waals surface area contributed by atoms with E-state index in [-0.39, 0.29) is 5.97 Å². The molecule has 18 heavy (non-hydrogen) atoms. The van der Waals surface area contributed by atoms with Gasteiger partial charge in [0.15, 0.2) is 5.58 Å². The average molecular weight is 247 g/mol. The second-order valence-corrected chi connectivity index (χ2v) is 4.68. The van der Waals surface area contributed by atoms with Crippen molar-refractivity contribution in [1.29, 1.82) is 0 Å². The Kier molecular flexibility index (Phi) is 2.14. The van der Waals surface area contributed by atoms with Gasteiger partial charge in [0.25, 0.3) is 0 Å². The maximum atomic E-state index is 11.8. The molecule has 2 aromatic rings. The molecule has 0 aliphatic heterocycles. The van der Waals surface area contributed by atoms with E-state index in [1.165, 1.54) is 11.7 Å². The van der Waals surface area contributed by atoms with Gasteiger partial charge in [-0.2, -0.15) is 0 Å². The summed E-state index contributed by atoms with van der Waals surface area (Å²) in [5.74, 6) is -0.611. The fourth-order valence-electron chi connectivity index (χ4n) is 2.36. The Bertz CT molecular complexity index is 691. The molecule has 1 aromatic heterocycles. The number of hydrogen-bond donors (Lipinski definition) is 0. The van der Waals surface area contributed by atoms with Crippen molar-refractivity contribution in [3.05, 3.63) is 34.3 Å². The molecule has 1 heterocycles. The first-order chi connectivity index (χ1) is 8.58. The number of aromatic nitrogens is 1. The summed E-state index contributed by atoms with van der Waals surface area (Å²) in [5, 5.41) is 0. The van der Waals surface area contributed by atoms with Crippen molar-refractivity contribution in [2.24, 2.45) is 7.05 Å². The maximum Gasteiger partial charge on any atom is 0.419 e. The first-order valence-electron chi connectivity index (χ1n) is 5.77. The Morgan fingerprint density at radius 2 is 2.17 bits per heavy atom. The summed E-state index contributed by atoms with van der Waals surface area (Å²) in [6.45, 7) is 0. The number of ether oxygens (including phenoxy) is 1. The van der Waals surface area contributed by atoms with E-state index in [1.54, 1.807) is 13.1 Å². The van der Waals surface area contributed by atoms with Gasteiger partial charge in [0.1, 0.15) is 0 Å². The van der Waals surface area contributed by atoms with Crippen LogP contribution in [0.2, 0.25) is 0 Å². The smallest absolute Gasteiger partial charge is 0.419 e. The van der Waals surface area contributed by atoms with E-state index < -0.39 is 11.2 Å².